The normalized spacial score (nSPS) is 18.9. The first kappa shape index (κ1) is 33.4. The fourth-order valence-electron chi connectivity index (χ4n) is 6.04. The summed E-state index contributed by atoms with van der Waals surface area (Å²) in [5, 5.41) is 0. The maximum absolute atomic E-state index is 14.1. The second-order valence-corrected chi connectivity index (χ2v) is 13.9. The molecule has 1 saturated heterocycles. The molecule has 4 rings (SSSR count). The average molecular weight is 606 g/mol. The average Bonchev–Trinajstić information content (AvgIpc) is 3.01. The molecule has 0 amide bonds. The Hall–Kier alpha value is -2.51. The number of sulfonamides is 1. The van der Waals surface area contributed by atoms with Crippen LogP contribution < -0.4 is 0 Å². The van der Waals surface area contributed by atoms with E-state index in [1.165, 1.54) is 51.4 Å². The summed E-state index contributed by atoms with van der Waals surface area (Å²) >= 11 is 0. The van der Waals surface area contributed by atoms with Gasteiger partial charge in [-0.1, -0.05) is 149 Å². The first-order valence-electron chi connectivity index (χ1n) is 16.4. The van der Waals surface area contributed by atoms with Crippen molar-refractivity contribution < 1.29 is 17.9 Å². The van der Waals surface area contributed by atoms with E-state index in [2.05, 4.69) is 19.1 Å². The van der Waals surface area contributed by atoms with Gasteiger partial charge in [-0.15, -0.1) is 0 Å². The Kier molecular flexibility index (Phi) is 13.7. The Morgan fingerprint density at radius 3 is 1.77 bits per heavy atom. The third-order valence-electron chi connectivity index (χ3n) is 8.55. The van der Waals surface area contributed by atoms with Crippen LogP contribution in [0.4, 0.5) is 0 Å². The highest BCUT2D eigenvalue weighted by molar-refractivity contribution is 7.89. The molecule has 0 N–H and O–H groups in total. The van der Waals surface area contributed by atoms with Crippen molar-refractivity contribution in [1.29, 1.82) is 0 Å². The number of benzene rings is 3. The SMILES string of the molecule is CCCCCCCCCCCC[C@H]1[C@@H](OCc2ccccc2)[C@H](COCc2ccccc2)N1S(=O)(=O)c1ccc(C)cc1. The fraction of sp³-hybridized carbons (Fsp3) is 0.514. The highest BCUT2D eigenvalue weighted by Gasteiger charge is 2.55. The smallest absolute Gasteiger partial charge is 0.243 e. The molecule has 0 aromatic heterocycles. The highest BCUT2D eigenvalue weighted by atomic mass is 32.2. The molecule has 0 unspecified atom stereocenters. The third-order valence-corrected chi connectivity index (χ3v) is 10.5. The zero-order chi connectivity index (χ0) is 30.3. The zero-order valence-corrected chi connectivity index (χ0v) is 27.0. The second kappa shape index (κ2) is 17.7. The Bertz CT molecular complexity index is 1280. The summed E-state index contributed by atoms with van der Waals surface area (Å²) in [7, 11) is -3.72. The lowest BCUT2D eigenvalue weighted by Crippen LogP contribution is -2.71. The topological polar surface area (TPSA) is 55.8 Å². The van der Waals surface area contributed by atoms with Gasteiger partial charge in [0.05, 0.1) is 42.9 Å². The van der Waals surface area contributed by atoms with Gasteiger partial charge in [0.1, 0.15) is 0 Å². The summed E-state index contributed by atoms with van der Waals surface area (Å²) in [6.07, 6.45) is 13.1. The molecule has 3 aromatic carbocycles. The number of hydrogen-bond acceptors (Lipinski definition) is 4. The van der Waals surface area contributed by atoms with Crippen LogP contribution in [0.5, 0.6) is 0 Å². The maximum atomic E-state index is 14.1. The predicted molar refractivity (Wildman–Crippen MR) is 175 cm³/mol. The quantitative estimate of drug-likeness (QED) is 0.121. The number of rotatable bonds is 20. The largest absolute Gasteiger partial charge is 0.375 e. The Morgan fingerprint density at radius 1 is 0.651 bits per heavy atom. The van der Waals surface area contributed by atoms with Gasteiger partial charge in [-0.2, -0.15) is 4.31 Å². The summed E-state index contributed by atoms with van der Waals surface area (Å²) < 4.78 is 42.6. The minimum Gasteiger partial charge on any atom is -0.375 e. The van der Waals surface area contributed by atoms with Crippen LogP contribution in [0.1, 0.15) is 94.2 Å². The Labute approximate surface area is 260 Å². The van der Waals surface area contributed by atoms with Crippen LogP contribution in [0, 0.1) is 6.92 Å². The van der Waals surface area contributed by atoms with Gasteiger partial charge in [-0.25, -0.2) is 8.42 Å². The molecule has 1 aliphatic rings. The van der Waals surface area contributed by atoms with Crippen molar-refractivity contribution in [2.75, 3.05) is 6.61 Å². The minimum absolute atomic E-state index is 0.214. The van der Waals surface area contributed by atoms with Gasteiger partial charge in [-0.3, -0.25) is 0 Å². The molecule has 234 valence electrons. The van der Waals surface area contributed by atoms with Crippen LogP contribution in [0.25, 0.3) is 0 Å². The van der Waals surface area contributed by atoms with Crippen LogP contribution in [0.15, 0.2) is 89.8 Å². The van der Waals surface area contributed by atoms with E-state index >= 15 is 0 Å². The molecule has 0 bridgehead atoms. The number of aryl methyl sites for hydroxylation is 1. The van der Waals surface area contributed by atoms with Gasteiger partial charge >= 0.3 is 0 Å². The lowest BCUT2D eigenvalue weighted by molar-refractivity contribution is -0.141. The van der Waals surface area contributed by atoms with Crippen molar-refractivity contribution in [2.45, 2.75) is 121 Å². The van der Waals surface area contributed by atoms with E-state index < -0.39 is 10.0 Å². The van der Waals surface area contributed by atoms with Crippen molar-refractivity contribution in [3.05, 3.63) is 102 Å². The van der Waals surface area contributed by atoms with Gasteiger partial charge in [0.15, 0.2) is 0 Å². The highest BCUT2D eigenvalue weighted by Crippen LogP contribution is 2.39. The molecular formula is C37H51NO4S. The molecule has 3 atom stereocenters. The van der Waals surface area contributed by atoms with Crippen molar-refractivity contribution in [3.63, 3.8) is 0 Å². The minimum atomic E-state index is -3.72. The molecular weight excluding hydrogens is 554 g/mol. The molecule has 5 nitrogen and oxygen atoms in total. The third kappa shape index (κ3) is 10.0. The van der Waals surface area contributed by atoms with Crippen molar-refractivity contribution >= 4 is 10.0 Å². The van der Waals surface area contributed by atoms with E-state index in [9.17, 15) is 8.42 Å². The van der Waals surface area contributed by atoms with Crippen molar-refractivity contribution in [1.82, 2.24) is 4.31 Å². The molecule has 1 aliphatic heterocycles. The number of unbranched alkanes of at least 4 members (excludes halogenated alkanes) is 9. The standard InChI is InChI=1S/C37H51NO4S/c1-3-4-5-6-7-8-9-10-11-18-23-35-37(42-29-33-21-16-13-17-22-33)36(30-41-28-32-19-14-12-15-20-32)38(35)43(39,40)34-26-24-31(2)25-27-34/h12-17,19-22,24-27,35-37H,3-11,18,23,28-30H2,1-2H3/t35-,36-,37+/m0/s1. The number of ether oxygens (including phenoxy) is 2. The first-order valence-corrected chi connectivity index (χ1v) is 17.8. The van der Waals surface area contributed by atoms with Crippen molar-refractivity contribution in [2.24, 2.45) is 0 Å². The first-order chi connectivity index (χ1) is 21.0. The Balaban J connectivity index is 1.44. The summed E-state index contributed by atoms with van der Waals surface area (Å²) in [6.45, 7) is 5.40. The second-order valence-electron chi connectivity index (χ2n) is 12.0. The fourth-order valence-corrected chi connectivity index (χ4v) is 7.88. The van der Waals surface area contributed by atoms with E-state index in [0.717, 1.165) is 36.0 Å². The van der Waals surface area contributed by atoms with Crippen LogP contribution >= 0.6 is 0 Å². The van der Waals surface area contributed by atoms with Crippen molar-refractivity contribution in [3.8, 4) is 0 Å². The van der Waals surface area contributed by atoms with Gasteiger partial charge in [0, 0.05) is 0 Å². The molecule has 0 aliphatic carbocycles. The summed E-state index contributed by atoms with van der Waals surface area (Å²) in [4.78, 5) is 0.334. The molecule has 6 heteroatoms. The summed E-state index contributed by atoms with van der Waals surface area (Å²) in [5.74, 6) is 0. The Morgan fingerprint density at radius 2 is 1.19 bits per heavy atom. The number of nitrogens with zero attached hydrogens (tertiary/aromatic N) is 1. The van der Waals surface area contributed by atoms with Crippen LogP contribution in [0.3, 0.4) is 0 Å². The molecule has 0 spiro atoms. The van der Waals surface area contributed by atoms with Gasteiger partial charge in [0.2, 0.25) is 10.0 Å². The zero-order valence-electron chi connectivity index (χ0n) is 26.2. The van der Waals surface area contributed by atoms with E-state index in [1.54, 1.807) is 16.4 Å². The van der Waals surface area contributed by atoms with Crippen LogP contribution in [-0.4, -0.2) is 37.5 Å². The maximum Gasteiger partial charge on any atom is 0.243 e. The van der Waals surface area contributed by atoms with Gasteiger partial charge in [0.25, 0.3) is 0 Å². The summed E-state index contributed by atoms with van der Waals surface area (Å²) in [6, 6.07) is 26.7. The monoisotopic (exact) mass is 605 g/mol. The lowest BCUT2D eigenvalue weighted by Gasteiger charge is -2.53. The molecule has 0 saturated carbocycles. The van der Waals surface area contributed by atoms with Gasteiger partial charge < -0.3 is 9.47 Å². The van der Waals surface area contributed by atoms with E-state index in [1.807, 2.05) is 67.6 Å². The molecule has 1 heterocycles. The van der Waals surface area contributed by atoms with Crippen LogP contribution in [-0.2, 0) is 32.7 Å². The van der Waals surface area contributed by atoms with Crippen LogP contribution in [0.2, 0.25) is 0 Å². The lowest BCUT2D eigenvalue weighted by atomic mass is 9.88. The molecule has 0 radical (unpaired) electrons. The van der Waals surface area contributed by atoms with E-state index in [0.29, 0.717) is 18.1 Å². The molecule has 1 fully saturated rings. The van der Waals surface area contributed by atoms with E-state index in [4.69, 9.17) is 9.47 Å². The molecule has 3 aromatic rings. The van der Waals surface area contributed by atoms with Gasteiger partial charge in [-0.05, 0) is 36.6 Å². The van der Waals surface area contributed by atoms with E-state index in [-0.39, 0.29) is 24.8 Å². The number of hydrogen-bond donors (Lipinski definition) is 0. The predicted octanol–water partition coefficient (Wildman–Crippen LogP) is 8.85. The molecule has 43 heavy (non-hydrogen) atoms. The summed E-state index contributed by atoms with van der Waals surface area (Å²) in [5.41, 5.74) is 3.19.